The van der Waals surface area contributed by atoms with Crippen LogP contribution in [0.15, 0.2) is 39.9 Å². The Morgan fingerprint density at radius 1 is 1.10 bits per heavy atom. The molecule has 1 aliphatic heterocycles. The van der Waals surface area contributed by atoms with E-state index in [2.05, 4.69) is 10.00 Å². The Morgan fingerprint density at radius 2 is 1.83 bits per heavy atom. The van der Waals surface area contributed by atoms with Crippen molar-refractivity contribution in [2.24, 2.45) is 0 Å². The molecule has 1 N–H and O–H groups in total. The first-order valence-electron chi connectivity index (χ1n) is 10.00. The number of pyridine rings is 1. The Labute approximate surface area is 178 Å². The highest BCUT2D eigenvalue weighted by Gasteiger charge is 2.19. The Hall–Kier alpha value is -2.39. The molecule has 4 rings (SSSR count). The zero-order valence-electron chi connectivity index (χ0n) is 16.9. The van der Waals surface area contributed by atoms with Crippen LogP contribution in [0.4, 0.5) is 0 Å². The van der Waals surface area contributed by atoms with Gasteiger partial charge in [0.05, 0.1) is 43.0 Å². The average molecular weight is 433 g/mol. The zero-order chi connectivity index (χ0) is 21.1. The number of halogens is 1. The number of H-pyrrole nitrogens is 1. The molecule has 0 atom stereocenters. The number of benzene rings is 1. The molecule has 0 aliphatic carbocycles. The molecule has 3 heterocycles. The van der Waals surface area contributed by atoms with E-state index < -0.39 is 0 Å². The highest BCUT2D eigenvalue weighted by molar-refractivity contribution is 6.30. The summed E-state index contributed by atoms with van der Waals surface area (Å²) in [4.78, 5) is 28.4. The van der Waals surface area contributed by atoms with E-state index in [1.165, 1.54) is 6.07 Å². The summed E-state index contributed by atoms with van der Waals surface area (Å²) in [6.07, 6.45) is 0. The molecule has 160 valence electrons. The van der Waals surface area contributed by atoms with E-state index in [1.54, 1.807) is 28.5 Å². The average Bonchev–Trinajstić information content (AvgIpc) is 3.07. The van der Waals surface area contributed by atoms with Gasteiger partial charge in [-0.1, -0.05) is 23.7 Å². The molecule has 3 aromatic rings. The standard InChI is InChI=1S/C21H25ClN4O4/c1-29-11-10-25-18(27)14-17-19(20(25)15-2-4-16(22)5-3-15)21(28)26(23-17)7-6-24-8-12-30-13-9-24/h2-5,14,23H,6-13H2,1H3. The Balaban J connectivity index is 1.80. The number of nitrogens with one attached hydrogen (secondary N) is 1. The fraction of sp³-hybridized carbons (Fsp3) is 0.429. The van der Waals surface area contributed by atoms with Crippen molar-refractivity contribution in [2.45, 2.75) is 13.1 Å². The molecule has 0 spiro atoms. The van der Waals surface area contributed by atoms with Gasteiger partial charge in [-0.2, -0.15) is 0 Å². The number of nitrogens with zero attached hydrogens (tertiary/aromatic N) is 3. The van der Waals surface area contributed by atoms with Gasteiger partial charge < -0.3 is 14.0 Å². The van der Waals surface area contributed by atoms with Gasteiger partial charge in [0.1, 0.15) is 0 Å². The lowest BCUT2D eigenvalue weighted by Crippen LogP contribution is -2.39. The normalized spacial score (nSPS) is 15.1. The summed E-state index contributed by atoms with van der Waals surface area (Å²) in [6, 6.07) is 8.64. The third-order valence-corrected chi connectivity index (χ3v) is 5.66. The number of fused-ring (bicyclic) bond motifs is 1. The predicted octanol–water partition coefficient (Wildman–Crippen LogP) is 1.79. The number of rotatable bonds is 7. The summed E-state index contributed by atoms with van der Waals surface area (Å²) in [5, 5.41) is 4.21. The minimum Gasteiger partial charge on any atom is -0.383 e. The van der Waals surface area contributed by atoms with Gasteiger partial charge in [-0.3, -0.25) is 24.3 Å². The van der Waals surface area contributed by atoms with E-state index in [1.807, 2.05) is 12.1 Å². The smallest absolute Gasteiger partial charge is 0.276 e. The van der Waals surface area contributed by atoms with Crippen molar-refractivity contribution in [3.8, 4) is 11.3 Å². The van der Waals surface area contributed by atoms with Crippen LogP contribution in [-0.4, -0.2) is 65.8 Å². The van der Waals surface area contributed by atoms with Crippen LogP contribution in [-0.2, 0) is 22.6 Å². The zero-order valence-corrected chi connectivity index (χ0v) is 17.7. The molecule has 30 heavy (non-hydrogen) atoms. The molecule has 0 saturated carbocycles. The first-order valence-corrected chi connectivity index (χ1v) is 10.4. The maximum absolute atomic E-state index is 13.3. The predicted molar refractivity (Wildman–Crippen MR) is 116 cm³/mol. The molecule has 1 aliphatic rings. The molecule has 0 bridgehead atoms. The maximum Gasteiger partial charge on any atom is 0.276 e. The molecular formula is C21H25ClN4O4. The summed E-state index contributed by atoms with van der Waals surface area (Å²) in [7, 11) is 1.58. The van der Waals surface area contributed by atoms with Gasteiger partial charge in [0.25, 0.3) is 11.1 Å². The summed E-state index contributed by atoms with van der Waals surface area (Å²) < 4.78 is 13.7. The van der Waals surface area contributed by atoms with Crippen molar-refractivity contribution in [2.75, 3.05) is 46.6 Å². The van der Waals surface area contributed by atoms with E-state index in [0.29, 0.717) is 54.5 Å². The molecular weight excluding hydrogens is 408 g/mol. The van der Waals surface area contributed by atoms with Crippen LogP contribution in [0.1, 0.15) is 0 Å². The first-order chi connectivity index (χ1) is 14.6. The van der Waals surface area contributed by atoms with E-state index in [0.717, 1.165) is 25.2 Å². The lowest BCUT2D eigenvalue weighted by atomic mass is 10.1. The number of hydrogen-bond acceptors (Lipinski definition) is 5. The lowest BCUT2D eigenvalue weighted by Gasteiger charge is -2.26. The fourth-order valence-electron chi connectivity index (χ4n) is 3.82. The van der Waals surface area contributed by atoms with Crippen LogP contribution in [0.3, 0.4) is 0 Å². The van der Waals surface area contributed by atoms with Gasteiger partial charge >= 0.3 is 0 Å². The van der Waals surface area contributed by atoms with Crippen molar-refractivity contribution in [3.63, 3.8) is 0 Å². The molecule has 1 saturated heterocycles. The van der Waals surface area contributed by atoms with Crippen LogP contribution >= 0.6 is 11.6 Å². The number of aromatic amines is 1. The number of methoxy groups -OCH3 is 1. The third-order valence-electron chi connectivity index (χ3n) is 5.40. The van der Waals surface area contributed by atoms with Crippen LogP contribution in [0.5, 0.6) is 0 Å². The number of aromatic nitrogens is 3. The molecule has 8 nitrogen and oxygen atoms in total. The SMILES string of the molecule is COCCn1c(-c2ccc(Cl)cc2)c2c(=O)n(CCN3CCOCC3)[nH]c2cc1=O. The van der Waals surface area contributed by atoms with Crippen molar-refractivity contribution in [1.82, 2.24) is 19.2 Å². The fourth-order valence-corrected chi connectivity index (χ4v) is 3.94. The largest absolute Gasteiger partial charge is 0.383 e. The topological polar surface area (TPSA) is 81.5 Å². The Kier molecular flexibility index (Phi) is 6.38. The minimum atomic E-state index is -0.189. The van der Waals surface area contributed by atoms with Gasteiger partial charge in [0, 0.05) is 44.4 Å². The highest BCUT2D eigenvalue weighted by Crippen LogP contribution is 2.26. The summed E-state index contributed by atoms with van der Waals surface area (Å²) in [6.45, 7) is 5.09. The summed E-state index contributed by atoms with van der Waals surface area (Å²) >= 11 is 6.05. The second-order valence-corrected chi connectivity index (χ2v) is 7.73. The maximum atomic E-state index is 13.3. The molecule has 2 aromatic heterocycles. The number of hydrogen-bond donors (Lipinski definition) is 1. The molecule has 0 radical (unpaired) electrons. The molecule has 0 amide bonds. The number of ether oxygens (including phenoxy) is 2. The molecule has 1 aromatic carbocycles. The third kappa shape index (κ3) is 4.22. The van der Waals surface area contributed by atoms with Crippen LogP contribution < -0.4 is 11.1 Å². The van der Waals surface area contributed by atoms with Gasteiger partial charge in [-0.05, 0) is 17.7 Å². The van der Waals surface area contributed by atoms with E-state index in [9.17, 15) is 9.59 Å². The lowest BCUT2D eigenvalue weighted by molar-refractivity contribution is 0.0359. The van der Waals surface area contributed by atoms with Gasteiger partial charge in [0.15, 0.2) is 0 Å². The van der Waals surface area contributed by atoms with Gasteiger partial charge in [-0.25, -0.2) is 0 Å². The van der Waals surface area contributed by atoms with Crippen molar-refractivity contribution in [3.05, 3.63) is 56.1 Å². The molecule has 9 heteroatoms. The van der Waals surface area contributed by atoms with E-state index >= 15 is 0 Å². The van der Waals surface area contributed by atoms with Crippen LogP contribution in [0.2, 0.25) is 5.02 Å². The van der Waals surface area contributed by atoms with Crippen LogP contribution in [0, 0.1) is 0 Å². The van der Waals surface area contributed by atoms with Crippen molar-refractivity contribution >= 4 is 22.5 Å². The number of morpholine rings is 1. The summed E-state index contributed by atoms with van der Waals surface area (Å²) in [5.41, 5.74) is 1.54. The highest BCUT2D eigenvalue weighted by atomic mass is 35.5. The second-order valence-electron chi connectivity index (χ2n) is 7.29. The Bertz CT molecular complexity index is 1130. The first kappa shape index (κ1) is 20.9. The Morgan fingerprint density at radius 3 is 2.53 bits per heavy atom. The van der Waals surface area contributed by atoms with Crippen molar-refractivity contribution in [1.29, 1.82) is 0 Å². The van der Waals surface area contributed by atoms with Gasteiger partial charge in [0.2, 0.25) is 0 Å². The van der Waals surface area contributed by atoms with Crippen LogP contribution in [0.25, 0.3) is 22.2 Å². The van der Waals surface area contributed by atoms with Crippen molar-refractivity contribution < 1.29 is 9.47 Å². The van der Waals surface area contributed by atoms with Gasteiger partial charge in [-0.15, -0.1) is 0 Å². The molecule has 1 fully saturated rings. The van der Waals surface area contributed by atoms with E-state index in [-0.39, 0.29) is 11.1 Å². The molecule has 0 unspecified atom stereocenters. The monoisotopic (exact) mass is 432 g/mol. The quantitative estimate of drug-likeness (QED) is 0.615. The second kappa shape index (κ2) is 9.18. The minimum absolute atomic E-state index is 0.144. The summed E-state index contributed by atoms with van der Waals surface area (Å²) in [5.74, 6) is 0. The van der Waals surface area contributed by atoms with E-state index in [4.69, 9.17) is 21.1 Å².